The van der Waals surface area contributed by atoms with Crippen molar-refractivity contribution in [3.05, 3.63) is 70.9 Å². The quantitative estimate of drug-likeness (QED) is 0.342. The Balaban J connectivity index is 0.00000274. The van der Waals surface area contributed by atoms with E-state index in [0.717, 1.165) is 59.5 Å². The lowest BCUT2D eigenvalue weighted by molar-refractivity contribution is -0.117. The molecule has 1 saturated heterocycles. The molecule has 34 heavy (non-hydrogen) atoms. The maximum atomic E-state index is 12.5. The van der Waals surface area contributed by atoms with Gasteiger partial charge < -0.3 is 15.1 Å². The highest BCUT2D eigenvalue weighted by Gasteiger charge is 2.18. The summed E-state index contributed by atoms with van der Waals surface area (Å²) in [7, 11) is 0. The molecule has 2 N–H and O–H groups in total. The number of carbonyl (C=O) groups excluding carboxylic acids is 1. The number of nitrogens with one attached hydrogen (secondary N) is 2. The number of furan rings is 1. The van der Waals surface area contributed by atoms with Crippen molar-refractivity contribution in [1.29, 1.82) is 0 Å². The van der Waals surface area contributed by atoms with E-state index in [1.165, 1.54) is 0 Å². The van der Waals surface area contributed by atoms with Crippen LogP contribution in [0.1, 0.15) is 37.9 Å². The van der Waals surface area contributed by atoms with Gasteiger partial charge in [-0.1, -0.05) is 49.4 Å². The van der Waals surface area contributed by atoms with Gasteiger partial charge in [0.25, 0.3) is 0 Å². The predicted molar refractivity (Wildman–Crippen MR) is 138 cm³/mol. The maximum absolute atomic E-state index is 12.5. The Hall–Kier alpha value is -3.09. The van der Waals surface area contributed by atoms with Gasteiger partial charge in [0.05, 0.1) is 6.54 Å². The van der Waals surface area contributed by atoms with Crippen LogP contribution in [-0.4, -0.2) is 28.8 Å². The van der Waals surface area contributed by atoms with Gasteiger partial charge in [0.15, 0.2) is 5.82 Å². The second-order valence-corrected chi connectivity index (χ2v) is 9.17. The molecule has 178 valence electrons. The molecule has 0 unspecified atom stereocenters. The van der Waals surface area contributed by atoms with Crippen molar-refractivity contribution in [1.82, 2.24) is 15.1 Å². The fourth-order valence-corrected chi connectivity index (χ4v) is 4.73. The predicted octanol–water partition coefficient (Wildman–Crippen LogP) is 6.27. The molecule has 1 fully saturated rings. The number of nitrogens with zero attached hydrogens (tertiary/aromatic N) is 2. The molecule has 1 aliphatic heterocycles. The lowest BCUT2D eigenvalue weighted by atomic mass is 9.94. The van der Waals surface area contributed by atoms with E-state index in [9.17, 15) is 4.79 Å². The molecule has 0 aliphatic carbocycles. The number of fused-ring (bicyclic) bond motifs is 1. The topological polar surface area (TPSA) is 72.1 Å². The fraction of sp³-hybridized carbons (Fsp3) is 0.333. The molecular formula is C27H31ClN4O2. The summed E-state index contributed by atoms with van der Waals surface area (Å²) in [4.78, 5) is 12.5. The highest BCUT2D eigenvalue weighted by molar-refractivity contribution is 6.31. The van der Waals surface area contributed by atoms with Crippen LogP contribution in [0.25, 0.3) is 22.3 Å². The summed E-state index contributed by atoms with van der Waals surface area (Å²) in [6, 6.07) is 17.8. The number of carbonyl (C=O) groups is 1. The molecule has 1 aliphatic rings. The maximum Gasteiger partial charge on any atom is 0.225 e. The normalized spacial score (nSPS) is 14.2. The van der Waals surface area contributed by atoms with Crippen molar-refractivity contribution >= 4 is 34.3 Å². The average molecular weight is 479 g/mol. The van der Waals surface area contributed by atoms with E-state index >= 15 is 0 Å². The number of hydrogen-bond donors (Lipinski definition) is 2. The van der Waals surface area contributed by atoms with Crippen LogP contribution in [0.5, 0.6) is 0 Å². The Morgan fingerprint density at radius 2 is 1.94 bits per heavy atom. The zero-order valence-corrected chi connectivity index (χ0v) is 19.4. The molecule has 7 heteroatoms. The van der Waals surface area contributed by atoms with Gasteiger partial charge in [-0.3, -0.25) is 9.48 Å². The highest BCUT2D eigenvalue weighted by atomic mass is 35.5. The van der Waals surface area contributed by atoms with Crippen LogP contribution < -0.4 is 10.6 Å². The first-order valence-corrected chi connectivity index (χ1v) is 11.8. The minimum atomic E-state index is 0. The van der Waals surface area contributed by atoms with Crippen LogP contribution in [0.3, 0.4) is 0 Å². The summed E-state index contributed by atoms with van der Waals surface area (Å²) in [5.41, 5.74) is 3.71. The molecule has 6 nitrogen and oxygen atoms in total. The Morgan fingerprint density at radius 3 is 2.71 bits per heavy atom. The molecule has 0 spiro atoms. The lowest BCUT2D eigenvalue weighted by Crippen LogP contribution is -2.30. The van der Waals surface area contributed by atoms with Crippen molar-refractivity contribution in [2.45, 2.75) is 40.2 Å². The molecule has 0 bridgehead atoms. The molecular weight excluding hydrogens is 448 g/mol. The zero-order chi connectivity index (χ0) is 22.8. The fourth-order valence-electron chi connectivity index (χ4n) is 4.48. The number of piperidine rings is 1. The van der Waals surface area contributed by atoms with E-state index in [2.05, 4.69) is 15.7 Å². The van der Waals surface area contributed by atoms with Gasteiger partial charge in [-0.25, -0.2) is 0 Å². The van der Waals surface area contributed by atoms with E-state index in [4.69, 9.17) is 16.0 Å². The number of aryl methyl sites for hydroxylation is 1. The van der Waals surface area contributed by atoms with Crippen LogP contribution in [-0.2, 0) is 11.3 Å². The smallest absolute Gasteiger partial charge is 0.225 e. The summed E-state index contributed by atoms with van der Waals surface area (Å²) in [5.74, 6) is 1.84. The molecule has 4 aromatic rings. The summed E-state index contributed by atoms with van der Waals surface area (Å²) in [6.07, 6.45) is 2.62. The highest BCUT2D eigenvalue weighted by Crippen LogP contribution is 2.33. The number of anilines is 1. The summed E-state index contributed by atoms with van der Waals surface area (Å²) < 4.78 is 8.10. The zero-order valence-electron chi connectivity index (χ0n) is 18.6. The molecule has 2 aromatic carbocycles. The molecule has 0 atom stereocenters. The van der Waals surface area contributed by atoms with E-state index in [-0.39, 0.29) is 13.3 Å². The number of amides is 1. The number of rotatable bonds is 6. The van der Waals surface area contributed by atoms with Crippen LogP contribution in [0, 0.1) is 12.8 Å². The molecule has 2 aromatic heterocycles. The molecule has 1 amide bonds. The summed E-state index contributed by atoms with van der Waals surface area (Å²) in [6.45, 7) is 4.45. The minimum absolute atomic E-state index is 0. The van der Waals surface area contributed by atoms with Crippen LogP contribution >= 0.6 is 11.6 Å². The SMILES string of the molecule is C.Cc1cc(NC(=O)CC2CCNCC2)nn1Cc1cc(Cl)cc2cc(-c3ccccc3)oc12. The van der Waals surface area contributed by atoms with Gasteiger partial charge in [-0.2, -0.15) is 5.10 Å². The largest absolute Gasteiger partial charge is 0.456 e. The number of hydrogen-bond acceptors (Lipinski definition) is 4. The number of benzene rings is 2. The molecule has 5 rings (SSSR count). The van der Waals surface area contributed by atoms with Crippen molar-refractivity contribution in [3.63, 3.8) is 0 Å². The van der Waals surface area contributed by atoms with E-state index < -0.39 is 0 Å². The average Bonchev–Trinajstić information content (AvgIpc) is 3.38. The van der Waals surface area contributed by atoms with Crippen molar-refractivity contribution in [2.24, 2.45) is 5.92 Å². The lowest BCUT2D eigenvalue weighted by Gasteiger charge is -2.21. The third-order valence-corrected chi connectivity index (χ3v) is 6.44. The Kier molecular flexibility index (Phi) is 7.39. The van der Waals surface area contributed by atoms with Crippen LogP contribution in [0.15, 0.2) is 59.0 Å². The molecule has 3 heterocycles. The third kappa shape index (κ3) is 5.34. The van der Waals surface area contributed by atoms with E-state index in [1.54, 1.807) is 0 Å². The first kappa shape index (κ1) is 24.0. The minimum Gasteiger partial charge on any atom is -0.456 e. The second kappa shape index (κ2) is 10.5. The van der Waals surface area contributed by atoms with Crippen LogP contribution in [0.2, 0.25) is 5.02 Å². The molecule has 0 radical (unpaired) electrons. The number of aromatic nitrogens is 2. The monoisotopic (exact) mass is 478 g/mol. The second-order valence-electron chi connectivity index (χ2n) is 8.73. The molecule has 0 saturated carbocycles. The standard InChI is InChI=1S/C26H27ClN4O2.CH4/c1-17-11-24(29-25(32)12-18-7-9-28-10-8-18)30-31(17)16-21-14-22(27)13-20-15-23(33-26(20)21)19-5-3-2-4-6-19;/h2-6,11,13-15,18,28H,7-10,12,16H2,1H3,(H,29,30,32);1H4. The van der Waals surface area contributed by atoms with E-state index in [0.29, 0.717) is 29.7 Å². The summed E-state index contributed by atoms with van der Waals surface area (Å²) >= 11 is 6.42. The van der Waals surface area contributed by atoms with Gasteiger partial charge in [-0.15, -0.1) is 0 Å². The first-order chi connectivity index (χ1) is 16.0. The third-order valence-electron chi connectivity index (χ3n) is 6.22. The van der Waals surface area contributed by atoms with Crippen LogP contribution in [0.4, 0.5) is 5.82 Å². The van der Waals surface area contributed by atoms with Gasteiger partial charge in [-0.05, 0) is 57.0 Å². The summed E-state index contributed by atoms with van der Waals surface area (Å²) in [5, 5.41) is 12.5. The van der Waals surface area contributed by atoms with Gasteiger partial charge in [0.2, 0.25) is 5.91 Å². The van der Waals surface area contributed by atoms with E-state index in [1.807, 2.05) is 66.2 Å². The first-order valence-electron chi connectivity index (χ1n) is 11.4. The Labute approximate surface area is 205 Å². The Morgan fingerprint density at radius 1 is 1.18 bits per heavy atom. The van der Waals surface area contributed by atoms with Gasteiger partial charge in [0.1, 0.15) is 11.3 Å². The van der Waals surface area contributed by atoms with Crippen molar-refractivity contribution in [3.8, 4) is 11.3 Å². The number of halogens is 1. The van der Waals surface area contributed by atoms with Gasteiger partial charge >= 0.3 is 0 Å². The van der Waals surface area contributed by atoms with Crippen molar-refractivity contribution < 1.29 is 9.21 Å². The Bertz CT molecular complexity index is 1270. The van der Waals surface area contributed by atoms with Crippen molar-refractivity contribution in [2.75, 3.05) is 18.4 Å². The van der Waals surface area contributed by atoms with Gasteiger partial charge in [0, 0.05) is 39.7 Å².